The second-order valence-corrected chi connectivity index (χ2v) is 4.17. The summed E-state index contributed by atoms with van der Waals surface area (Å²) in [4.78, 5) is 8.49. The van der Waals surface area contributed by atoms with Crippen LogP contribution in [0.15, 0.2) is 41.0 Å². The van der Waals surface area contributed by atoms with Crippen molar-refractivity contribution in [2.45, 2.75) is 6.42 Å². The molecule has 3 nitrogen and oxygen atoms in total. The van der Waals surface area contributed by atoms with E-state index in [1.807, 2.05) is 30.3 Å². The molecule has 1 aromatic carbocycles. The molecule has 1 aromatic heterocycles. The number of hydrogen-bond donors (Lipinski definition) is 1. The summed E-state index contributed by atoms with van der Waals surface area (Å²) in [6, 6.07) is 9.76. The molecule has 2 aromatic rings. The molecule has 4 heteroatoms. The molecule has 0 saturated heterocycles. The maximum absolute atomic E-state index is 8.85. The summed E-state index contributed by atoms with van der Waals surface area (Å²) in [6.45, 7) is 0.0689. The van der Waals surface area contributed by atoms with Crippen LogP contribution < -0.4 is 0 Å². The topological polar surface area (TPSA) is 46.0 Å². The highest BCUT2D eigenvalue weighted by Crippen LogP contribution is 2.25. The lowest BCUT2D eigenvalue weighted by Gasteiger charge is -2.04. The fourth-order valence-electron chi connectivity index (χ4n) is 1.44. The van der Waals surface area contributed by atoms with Crippen LogP contribution in [0, 0.1) is 0 Å². The van der Waals surface area contributed by atoms with Gasteiger partial charge in [0.25, 0.3) is 0 Å². The van der Waals surface area contributed by atoms with Gasteiger partial charge in [0.2, 0.25) is 0 Å². The van der Waals surface area contributed by atoms with E-state index in [0.717, 1.165) is 15.7 Å². The van der Waals surface area contributed by atoms with Crippen LogP contribution in [0.25, 0.3) is 11.3 Å². The minimum atomic E-state index is 0.0689. The van der Waals surface area contributed by atoms with Crippen LogP contribution in [0.4, 0.5) is 0 Å². The van der Waals surface area contributed by atoms with E-state index in [9.17, 15) is 0 Å². The molecule has 1 N–H and O–H groups in total. The van der Waals surface area contributed by atoms with Gasteiger partial charge in [-0.2, -0.15) is 0 Å². The smallest absolute Gasteiger partial charge is 0.131 e. The van der Waals surface area contributed by atoms with Gasteiger partial charge in [0, 0.05) is 22.7 Å². The van der Waals surface area contributed by atoms with Gasteiger partial charge in [0.1, 0.15) is 5.82 Å². The van der Waals surface area contributed by atoms with Crippen molar-refractivity contribution in [3.63, 3.8) is 0 Å². The quantitative estimate of drug-likeness (QED) is 0.938. The standard InChI is InChI=1S/C12H11BrN2O/c13-10-4-2-1-3-9(10)11-5-7-14-12(15-11)6-8-16/h1-5,7,16H,6,8H2. The molecule has 2 rings (SSSR count). The third-order valence-electron chi connectivity index (χ3n) is 2.19. The summed E-state index contributed by atoms with van der Waals surface area (Å²) >= 11 is 3.49. The van der Waals surface area contributed by atoms with E-state index in [2.05, 4.69) is 25.9 Å². The molecule has 0 radical (unpaired) electrons. The van der Waals surface area contributed by atoms with Crippen LogP contribution in [0.2, 0.25) is 0 Å². The van der Waals surface area contributed by atoms with Crippen molar-refractivity contribution in [3.05, 3.63) is 46.8 Å². The summed E-state index contributed by atoms with van der Waals surface area (Å²) in [5.41, 5.74) is 1.90. The lowest BCUT2D eigenvalue weighted by Crippen LogP contribution is -1.99. The fraction of sp³-hybridized carbons (Fsp3) is 0.167. The molecule has 0 fully saturated rings. The molecular formula is C12H11BrN2O. The van der Waals surface area contributed by atoms with Gasteiger partial charge in [-0.05, 0) is 12.1 Å². The van der Waals surface area contributed by atoms with Crippen molar-refractivity contribution in [3.8, 4) is 11.3 Å². The fourth-order valence-corrected chi connectivity index (χ4v) is 1.93. The number of aliphatic hydroxyl groups is 1. The minimum Gasteiger partial charge on any atom is -0.396 e. The maximum atomic E-state index is 8.85. The van der Waals surface area contributed by atoms with Gasteiger partial charge in [0.05, 0.1) is 12.3 Å². The van der Waals surface area contributed by atoms with Gasteiger partial charge in [-0.3, -0.25) is 0 Å². The maximum Gasteiger partial charge on any atom is 0.131 e. The van der Waals surface area contributed by atoms with E-state index in [4.69, 9.17) is 5.11 Å². The third-order valence-corrected chi connectivity index (χ3v) is 2.88. The number of rotatable bonds is 3. The number of benzene rings is 1. The predicted molar refractivity (Wildman–Crippen MR) is 66.0 cm³/mol. The lowest BCUT2D eigenvalue weighted by atomic mass is 10.1. The summed E-state index contributed by atoms with van der Waals surface area (Å²) in [6.07, 6.45) is 2.20. The molecule has 0 aliphatic rings. The highest BCUT2D eigenvalue weighted by molar-refractivity contribution is 9.10. The van der Waals surface area contributed by atoms with Crippen LogP contribution in [-0.2, 0) is 6.42 Å². The van der Waals surface area contributed by atoms with Gasteiger partial charge in [-0.25, -0.2) is 9.97 Å². The molecule has 0 bridgehead atoms. The molecule has 0 atom stereocenters. The third kappa shape index (κ3) is 2.46. The molecule has 0 spiro atoms. The Kier molecular flexibility index (Phi) is 3.64. The largest absolute Gasteiger partial charge is 0.396 e. The van der Waals surface area contributed by atoms with E-state index in [1.165, 1.54) is 0 Å². The Bertz CT molecular complexity index is 488. The molecule has 0 aliphatic heterocycles. The normalized spacial score (nSPS) is 10.4. The zero-order valence-corrected chi connectivity index (χ0v) is 10.2. The Morgan fingerprint density at radius 2 is 2.00 bits per heavy atom. The first-order valence-corrected chi connectivity index (χ1v) is 5.78. The second kappa shape index (κ2) is 5.18. The van der Waals surface area contributed by atoms with Gasteiger partial charge >= 0.3 is 0 Å². The Labute approximate surface area is 102 Å². The molecular weight excluding hydrogens is 268 g/mol. The second-order valence-electron chi connectivity index (χ2n) is 3.31. The van der Waals surface area contributed by atoms with Gasteiger partial charge in [-0.1, -0.05) is 34.1 Å². The Balaban J connectivity index is 2.40. The Hall–Kier alpha value is -1.26. The van der Waals surface area contributed by atoms with E-state index in [1.54, 1.807) is 6.20 Å². The molecule has 0 aliphatic carbocycles. The first-order chi connectivity index (χ1) is 7.81. The Morgan fingerprint density at radius 3 is 2.75 bits per heavy atom. The summed E-state index contributed by atoms with van der Waals surface area (Å²) in [7, 11) is 0. The number of halogens is 1. The lowest BCUT2D eigenvalue weighted by molar-refractivity contribution is 0.296. The van der Waals surface area contributed by atoms with Gasteiger partial charge < -0.3 is 5.11 Å². The van der Waals surface area contributed by atoms with Crippen molar-refractivity contribution in [1.29, 1.82) is 0 Å². The molecule has 1 heterocycles. The zero-order chi connectivity index (χ0) is 11.4. The first-order valence-electron chi connectivity index (χ1n) is 4.99. The molecule has 0 saturated carbocycles. The highest BCUT2D eigenvalue weighted by Gasteiger charge is 2.04. The average Bonchev–Trinajstić information content (AvgIpc) is 2.30. The van der Waals surface area contributed by atoms with E-state index in [-0.39, 0.29) is 6.61 Å². The van der Waals surface area contributed by atoms with Crippen molar-refractivity contribution in [2.24, 2.45) is 0 Å². The van der Waals surface area contributed by atoms with Crippen molar-refractivity contribution in [2.75, 3.05) is 6.61 Å². The highest BCUT2D eigenvalue weighted by atomic mass is 79.9. The van der Waals surface area contributed by atoms with Crippen LogP contribution in [0.1, 0.15) is 5.82 Å². The number of nitrogens with zero attached hydrogens (tertiary/aromatic N) is 2. The summed E-state index contributed by atoms with van der Waals surface area (Å²) in [5.74, 6) is 0.663. The minimum absolute atomic E-state index is 0.0689. The summed E-state index contributed by atoms with van der Waals surface area (Å²) < 4.78 is 1.00. The van der Waals surface area contributed by atoms with Crippen molar-refractivity contribution in [1.82, 2.24) is 9.97 Å². The van der Waals surface area contributed by atoms with Crippen LogP contribution in [0.5, 0.6) is 0 Å². The van der Waals surface area contributed by atoms with Crippen LogP contribution in [0.3, 0.4) is 0 Å². The van der Waals surface area contributed by atoms with Crippen molar-refractivity contribution >= 4 is 15.9 Å². The molecule has 0 amide bonds. The first kappa shape index (κ1) is 11.2. The van der Waals surface area contributed by atoms with Gasteiger partial charge in [0.15, 0.2) is 0 Å². The molecule has 82 valence electrons. The van der Waals surface area contributed by atoms with Gasteiger partial charge in [-0.15, -0.1) is 0 Å². The number of aliphatic hydroxyl groups excluding tert-OH is 1. The number of hydrogen-bond acceptors (Lipinski definition) is 3. The Morgan fingerprint density at radius 1 is 1.19 bits per heavy atom. The predicted octanol–water partition coefficient (Wildman–Crippen LogP) is 2.44. The van der Waals surface area contributed by atoms with Crippen molar-refractivity contribution < 1.29 is 5.11 Å². The monoisotopic (exact) mass is 278 g/mol. The van der Waals surface area contributed by atoms with E-state index < -0.39 is 0 Å². The average molecular weight is 279 g/mol. The number of aromatic nitrogens is 2. The molecule has 16 heavy (non-hydrogen) atoms. The molecule has 0 unspecified atom stereocenters. The summed E-state index contributed by atoms with van der Waals surface area (Å²) in [5, 5.41) is 8.85. The SMILES string of the molecule is OCCc1nccc(-c2ccccc2Br)n1. The van der Waals surface area contributed by atoms with E-state index in [0.29, 0.717) is 12.2 Å². The van der Waals surface area contributed by atoms with Crippen LogP contribution in [-0.4, -0.2) is 21.7 Å². The van der Waals surface area contributed by atoms with Crippen LogP contribution >= 0.6 is 15.9 Å². The zero-order valence-electron chi connectivity index (χ0n) is 8.60. The van der Waals surface area contributed by atoms with E-state index >= 15 is 0 Å².